The smallest absolute Gasteiger partial charge is 0.147 e. The third kappa shape index (κ3) is 4.69. The van der Waals surface area contributed by atoms with Crippen LogP contribution in [0.4, 0.5) is 5.82 Å². The fraction of sp³-hybridized carbons (Fsp3) is 0.400. The molecular formula is C20H25N3OS. The molecule has 25 heavy (non-hydrogen) atoms. The molecule has 3 aromatic rings. The first-order valence-electron chi connectivity index (χ1n) is 8.92. The van der Waals surface area contributed by atoms with Gasteiger partial charge in [-0.15, -0.1) is 11.3 Å². The number of nitrogens with one attached hydrogen (secondary N) is 1. The predicted octanol–water partition coefficient (Wildman–Crippen LogP) is 5.22. The maximum absolute atomic E-state index is 5.76. The number of anilines is 1. The number of rotatable bonds is 9. The molecule has 4 nitrogen and oxygen atoms in total. The zero-order valence-electron chi connectivity index (χ0n) is 14.9. The normalized spacial score (nSPS) is 11.0. The van der Waals surface area contributed by atoms with Gasteiger partial charge in [-0.05, 0) is 48.4 Å². The van der Waals surface area contributed by atoms with E-state index in [4.69, 9.17) is 4.74 Å². The molecule has 0 fully saturated rings. The van der Waals surface area contributed by atoms with Gasteiger partial charge in [0, 0.05) is 6.54 Å². The molecule has 5 heteroatoms. The Morgan fingerprint density at radius 1 is 1.12 bits per heavy atom. The van der Waals surface area contributed by atoms with E-state index in [-0.39, 0.29) is 0 Å². The Labute approximate surface area is 153 Å². The van der Waals surface area contributed by atoms with E-state index >= 15 is 0 Å². The minimum Gasteiger partial charge on any atom is -0.494 e. The second-order valence-corrected chi connectivity index (χ2v) is 7.07. The minimum atomic E-state index is 0.804. The highest BCUT2D eigenvalue weighted by Crippen LogP contribution is 2.28. The molecule has 0 unspecified atom stereocenters. The van der Waals surface area contributed by atoms with Gasteiger partial charge in [0.05, 0.1) is 16.8 Å². The summed E-state index contributed by atoms with van der Waals surface area (Å²) >= 11 is 1.70. The molecule has 2 heterocycles. The molecule has 0 spiro atoms. The SMILES string of the molecule is CCCCCOc1ccc(CCNc2ncnc3c(C)csc23)cc1. The maximum atomic E-state index is 5.76. The van der Waals surface area contributed by atoms with Gasteiger partial charge in [-0.2, -0.15) is 0 Å². The summed E-state index contributed by atoms with van der Waals surface area (Å²) in [6, 6.07) is 8.41. The van der Waals surface area contributed by atoms with Crippen LogP contribution in [0.1, 0.15) is 37.3 Å². The number of aryl methyl sites for hydroxylation is 1. The Morgan fingerprint density at radius 3 is 2.76 bits per heavy atom. The van der Waals surface area contributed by atoms with Crippen LogP contribution >= 0.6 is 11.3 Å². The van der Waals surface area contributed by atoms with Crippen molar-refractivity contribution in [3.8, 4) is 5.75 Å². The number of fused-ring (bicyclic) bond motifs is 1. The van der Waals surface area contributed by atoms with Gasteiger partial charge in [0.1, 0.15) is 17.9 Å². The van der Waals surface area contributed by atoms with Crippen LogP contribution in [-0.4, -0.2) is 23.1 Å². The molecule has 2 aromatic heterocycles. The van der Waals surface area contributed by atoms with Crippen molar-refractivity contribution in [2.75, 3.05) is 18.5 Å². The second kappa shape index (κ2) is 8.81. The lowest BCUT2D eigenvalue weighted by molar-refractivity contribution is 0.306. The molecule has 0 aliphatic carbocycles. The van der Waals surface area contributed by atoms with Gasteiger partial charge >= 0.3 is 0 Å². The summed E-state index contributed by atoms with van der Waals surface area (Å²) in [6.07, 6.45) is 6.15. The summed E-state index contributed by atoms with van der Waals surface area (Å²) in [5, 5.41) is 5.57. The molecule has 1 aromatic carbocycles. The van der Waals surface area contributed by atoms with E-state index in [0.717, 1.165) is 47.8 Å². The van der Waals surface area contributed by atoms with E-state index in [1.54, 1.807) is 17.7 Å². The third-order valence-electron chi connectivity index (χ3n) is 4.18. The number of aromatic nitrogens is 2. The van der Waals surface area contributed by atoms with E-state index in [1.807, 2.05) is 0 Å². The minimum absolute atomic E-state index is 0.804. The topological polar surface area (TPSA) is 47.0 Å². The summed E-state index contributed by atoms with van der Waals surface area (Å²) in [5.74, 6) is 1.89. The zero-order valence-corrected chi connectivity index (χ0v) is 15.7. The number of unbranched alkanes of at least 4 members (excludes halogenated alkanes) is 2. The third-order valence-corrected chi connectivity index (χ3v) is 5.27. The van der Waals surface area contributed by atoms with Crippen molar-refractivity contribution in [3.63, 3.8) is 0 Å². The molecule has 0 radical (unpaired) electrons. The van der Waals surface area contributed by atoms with Crippen LogP contribution in [0.5, 0.6) is 5.75 Å². The zero-order chi connectivity index (χ0) is 17.5. The Kier molecular flexibility index (Phi) is 6.23. The molecule has 0 saturated carbocycles. The molecule has 0 atom stereocenters. The van der Waals surface area contributed by atoms with Crippen molar-refractivity contribution in [1.82, 2.24) is 9.97 Å². The Hall–Kier alpha value is -2.14. The number of benzene rings is 1. The van der Waals surface area contributed by atoms with Crippen LogP contribution in [0.25, 0.3) is 10.2 Å². The molecule has 0 saturated heterocycles. The molecule has 0 aliphatic heterocycles. The van der Waals surface area contributed by atoms with Crippen molar-refractivity contribution in [2.24, 2.45) is 0 Å². The van der Waals surface area contributed by atoms with E-state index in [0.29, 0.717) is 0 Å². The lowest BCUT2D eigenvalue weighted by Gasteiger charge is -2.08. The van der Waals surface area contributed by atoms with Crippen molar-refractivity contribution in [3.05, 3.63) is 47.1 Å². The highest BCUT2D eigenvalue weighted by atomic mass is 32.1. The van der Waals surface area contributed by atoms with Gasteiger partial charge in [-0.25, -0.2) is 9.97 Å². The summed E-state index contributed by atoms with van der Waals surface area (Å²) in [7, 11) is 0. The van der Waals surface area contributed by atoms with Crippen molar-refractivity contribution in [2.45, 2.75) is 39.5 Å². The summed E-state index contributed by atoms with van der Waals surface area (Å²) in [5.41, 5.74) is 3.55. The first-order chi connectivity index (χ1) is 12.3. The number of hydrogen-bond donors (Lipinski definition) is 1. The molecule has 3 rings (SSSR count). The largest absolute Gasteiger partial charge is 0.494 e. The summed E-state index contributed by atoms with van der Waals surface area (Å²) < 4.78 is 6.89. The average molecular weight is 356 g/mol. The lowest BCUT2D eigenvalue weighted by atomic mass is 10.1. The molecule has 0 aliphatic rings. The van der Waals surface area contributed by atoms with Gasteiger partial charge in [0.25, 0.3) is 0 Å². The van der Waals surface area contributed by atoms with Crippen molar-refractivity contribution in [1.29, 1.82) is 0 Å². The van der Waals surface area contributed by atoms with Crippen LogP contribution in [0.2, 0.25) is 0 Å². The Morgan fingerprint density at radius 2 is 1.96 bits per heavy atom. The number of hydrogen-bond acceptors (Lipinski definition) is 5. The van der Waals surface area contributed by atoms with Gasteiger partial charge in [-0.1, -0.05) is 31.9 Å². The number of nitrogens with zero attached hydrogens (tertiary/aromatic N) is 2. The maximum Gasteiger partial charge on any atom is 0.147 e. The van der Waals surface area contributed by atoms with Gasteiger partial charge in [-0.3, -0.25) is 0 Å². The highest BCUT2D eigenvalue weighted by molar-refractivity contribution is 7.18. The van der Waals surface area contributed by atoms with Crippen molar-refractivity contribution >= 4 is 27.4 Å². The fourth-order valence-corrected chi connectivity index (χ4v) is 3.68. The van der Waals surface area contributed by atoms with E-state index in [1.165, 1.54) is 24.0 Å². The first-order valence-corrected chi connectivity index (χ1v) is 9.80. The molecule has 0 bridgehead atoms. The molecule has 1 N–H and O–H groups in total. The first kappa shape index (κ1) is 17.7. The van der Waals surface area contributed by atoms with Crippen LogP contribution in [0.15, 0.2) is 36.0 Å². The molecule has 0 amide bonds. The van der Waals surface area contributed by atoms with Gasteiger partial charge in [0.2, 0.25) is 0 Å². The monoisotopic (exact) mass is 355 g/mol. The molecule has 132 valence electrons. The van der Waals surface area contributed by atoms with E-state index in [9.17, 15) is 0 Å². The quantitative estimate of drug-likeness (QED) is 0.534. The lowest BCUT2D eigenvalue weighted by Crippen LogP contribution is -2.06. The van der Waals surface area contributed by atoms with Crippen molar-refractivity contribution < 1.29 is 4.74 Å². The van der Waals surface area contributed by atoms with Crippen LogP contribution in [0, 0.1) is 6.92 Å². The molecular weight excluding hydrogens is 330 g/mol. The van der Waals surface area contributed by atoms with E-state index in [2.05, 4.69) is 58.8 Å². The second-order valence-electron chi connectivity index (χ2n) is 6.20. The Balaban J connectivity index is 1.50. The summed E-state index contributed by atoms with van der Waals surface area (Å²) in [6.45, 7) is 5.94. The van der Waals surface area contributed by atoms with Gasteiger partial charge < -0.3 is 10.1 Å². The predicted molar refractivity (Wildman–Crippen MR) is 106 cm³/mol. The van der Waals surface area contributed by atoms with Crippen LogP contribution in [0.3, 0.4) is 0 Å². The number of thiophene rings is 1. The summed E-state index contributed by atoms with van der Waals surface area (Å²) in [4.78, 5) is 8.74. The Bertz CT molecular complexity index is 798. The van der Waals surface area contributed by atoms with Crippen LogP contribution in [-0.2, 0) is 6.42 Å². The standard InChI is InChI=1S/C20H25N3OS/c1-3-4-5-12-24-17-8-6-16(7-9-17)10-11-21-20-19-18(22-14-23-20)15(2)13-25-19/h6-9,13-14H,3-5,10-12H2,1-2H3,(H,21,22,23). The van der Waals surface area contributed by atoms with Gasteiger partial charge in [0.15, 0.2) is 0 Å². The fourth-order valence-electron chi connectivity index (χ4n) is 2.71. The highest BCUT2D eigenvalue weighted by Gasteiger charge is 2.07. The number of ether oxygens (including phenoxy) is 1. The van der Waals surface area contributed by atoms with Crippen LogP contribution < -0.4 is 10.1 Å². The van der Waals surface area contributed by atoms with E-state index < -0.39 is 0 Å². The average Bonchev–Trinajstić information content (AvgIpc) is 3.02.